The lowest BCUT2D eigenvalue weighted by Gasteiger charge is -2.34. The summed E-state index contributed by atoms with van der Waals surface area (Å²) >= 11 is 6.08. The van der Waals surface area contributed by atoms with Crippen LogP contribution in [0.1, 0.15) is 44.3 Å². The second kappa shape index (κ2) is 5.74. The number of benzene rings is 1. The first-order chi connectivity index (χ1) is 9.66. The molecular weight excluding hydrogens is 272 g/mol. The summed E-state index contributed by atoms with van der Waals surface area (Å²) in [5.41, 5.74) is 1.08. The minimum atomic E-state index is -0.0307. The Balaban J connectivity index is 1.84. The molecule has 1 aromatic carbocycles. The molecule has 108 valence electrons. The summed E-state index contributed by atoms with van der Waals surface area (Å²) in [6.45, 7) is 2.62. The van der Waals surface area contributed by atoms with E-state index >= 15 is 0 Å². The van der Waals surface area contributed by atoms with Crippen molar-refractivity contribution in [1.82, 2.24) is 10.2 Å². The molecule has 1 amide bonds. The van der Waals surface area contributed by atoms with Gasteiger partial charge < -0.3 is 4.90 Å². The van der Waals surface area contributed by atoms with E-state index in [1.165, 1.54) is 25.7 Å². The van der Waals surface area contributed by atoms with Gasteiger partial charge in [0.25, 0.3) is 0 Å². The van der Waals surface area contributed by atoms with Gasteiger partial charge in [-0.3, -0.25) is 10.1 Å². The highest BCUT2D eigenvalue weighted by atomic mass is 35.5. The van der Waals surface area contributed by atoms with Crippen molar-refractivity contribution >= 4 is 17.5 Å². The maximum Gasteiger partial charge on any atom is 0.238 e. The van der Waals surface area contributed by atoms with Crippen molar-refractivity contribution in [2.24, 2.45) is 5.92 Å². The maximum atomic E-state index is 12.3. The molecule has 3 nitrogen and oxygen atoms in total. The Morgan fingerprint density at radius 2 is 2.10 bits per heavy atom. The van der Waals surface area contributed by atoms with Crippen molar-refractivity contribution in [3.63, 3.8) is 0 Å². The Morgan fingerprint density at radius 3 is 2.80 bits per heavy atom. The van der Waals surface area contributed by atoms with E-state index < -0.39 is 0 Å². The minimum absolute atomic E-state index is 0.0307. The molecule has 1 saturated carbocycles. The molecule has 1 aliphatic heterocycles. The number of hydrogen-bond donors (Lipinski definition) is 1. The molecule has 2 fully saturated rings. The van der Waals surface area contributed by atoms with E-state index in [0.29, 0.717) is 18.5 Å². The highest BCUT2D eigenvalue weighted by Crippen LogP contribution is 2.35. The fourth-order valence-corrected chi connectivity index (χ4v) is 3.80. The third kappa shape index (κ3) is 2.57. The van der Waals surface area contributed by atoms with Crippen LogP contribution in [0, 0.1) is 5.92 Å². The lowest BCUT2D eigenvalue weighted by Crippen LogP contribution is -2.41. The summed E-state index contributed by atoms with van der Waals surface area (Å²) in [6, 6.07) is 8.10. The van der Waals surface area contributed by atoms with Gasteiger partial charge in [0.1, 0.15) is 6.17 Å². The molecule has 0 aromatic heterocycles. The molecule has 1 aliphatic carbocycles. The van der Waals surface area contributed by atoms with E-state index in [1.54, 1.807) is 0 Å². The van der Waals surface area contributed by atoms with Crippen LogP contribution in [0.3, 0.4) is 0 Å². The number of amides is 1. The summed E-state index contributed by atoms with van der Waals surface area (Å²) in [7, 11) is 0. The van der Waals surface area contributed by atoms with Gasteiger partial charge in [-0.2, -0.15) is 0 Å². The summed E-state index contributed by atoms with van der Waals surface area (Å²) in [4.78, 5) is 14.3. The molecular formula is C16H21ClN2O. The van der Waals surface area contributed by atoms with E-state index in [1.807, 2.05) is 29.2 Å². The Morgan fingerprint density at radius 1 is 1.35 bits per heavy atom. The smallest absolute Gasteiger partial charge is 0.238 e. The van der Waals surface area contributed by atoms with Crippen molar-refractivity contribution in [3.8, 4) is 0 Å². The van der Waals surface area contributed by atoms with Crippen LogP contribution in [0.15, 0.2) is 24.3 Å². The second-order valence-electron chi connectivity index (χ2n) is 5.92. The van der Waals surface area contributed by atoms with Crippen LogP contribution in [-0.4, -0.2) is 23.4 Å². The van der Waals surface area contributed by atoms with E-state index in [0.717, 1.165) is 10.6 Å². The van der Waals surface area contributed by atoms with E-state index in [2.05, 4.69) is 12.2 Å². The fraction of sp³-hybridized carbons (Fsp3) is 0.562. The van der Waals surface area contributed by atoms with Gasteiger partial charge in [0, 0.05) is 11.1 Å². The number of carbonyl (C=O) groups excluding carboxylic acids is 1. The van der Waals surface area contributed by atoms with Crippen molar-refractivity contribution in [3.05, 3.63) is 34.9 Å². The zero-order valence-corrected chi connectivity index (χ0v) is 12.6. The number of rotatable bonds is 3. The average Bonchev–Trinajstić information content (AvgIpc) is 3.07. The van der Waals surface area contributed by atoms with Gasteiger partial charge >= 0.3 is 0 Å². The Kier molecular flexibility index (Phi) is 3.99. The molecule has 1 N–H and O–H groups in total. The number of hydrogen-bond acceptors (Lipinski definition) is 2. The van der Waals surface area contributed by atoms with Gasteiger partial charge in [0.05, 0.1) is 6.54 Å². The monoisotopic (exact) mass is 292 g/mol. The molecule has 2 atom stereocenters. The molecule has 1 heterocycles. The SMILES string of the molecule is CC(C1CCCC1)N1C(=O)CNC1c1cccc(Cl)c1. The Bertz CT molecular complexity index is 499. The first-order valence-electron chi connectivity index (χ1n) is 7.47. The molecule has 4 heteroatoms. The summed E-state index contributed by atoms with van der Waals surface area (Å²) in [5.74, 6) is 0.843. The Hall–Kier alpha value is -1.06. The molecule has 2 aliphatic rings. The molecule has 2 unspecified atom stereocenters. The quantitative estimate of drug-likeness (QED) is 0.926. The minimum Gasteiger partial charge on any atom is -0.319 e. The second-order valence-corrected chi connectivity index (χ2v) is 6.36. The largest absolute Gasteiger partial charge is 0.319 e. The van der Waals surface area contributed by atoms with Crippen LogP contribution in [0.2, 0.25) is 5.02 Å². The summed E-state index contributed by atoms with van der Waals surface area (Å²) in [6.07, 6.45) is 5.05. The lowest BCUT2D eigenvalue weighted by atomic mass is 9.97. The van der Waals surface area contributed by atoms with E-state index in [-0.39, 0.29) is 12.1 Å². The molecule has 3 rings (SSSR count). The van der Waals surface area contributed by atoms with E-state index in [4.69, 9.17) is 11.6 Å². The maximum absolute atomic E-state index is 12.3. The average molecular weight is 293 g/mol. The number of nitrogens with one attached hydrogen (secondary N) is 1. The lowest BCUT2D eigenvalue weighted by molar-refractivity contribution is -0.131. The zero-order chi connectivity index (χ0) is 14.1. The zero-order valence-electron chi connectivity index (χ0n) is 11.8. The molecule has 0 bridgehead atoms. The van der Waals surface area contributed by atoms with Gasteiger partial charge in [-0.05, 0) is 43.4 Å². The van der Waals surface area contributed by atoms with Crippen LogP contribution in [0.5, 0.6) is 0 Å². The fourth-order valence-electron chi connectivity index (χ4n) is 3.60. The van der Waals surface area contributed by atoms with Crippen molar-refractivity contribution < 1.29 is 4.79 Å². The standard InChI is InChI=1S/C16H21ClN2O/c1-11(12-5-2-3-6-12)19-15(20)10-18-16(19)13-7-4-8-14(17)9-13/h4,7-9,11-12,16,18H,2-3,5-6,10H2,1H3. The molecule has 0 radical (unpaired) electrons. The van der Waals surface area contributed by atoms with Crippen LogP contribution in [0.25, 0.3) is 0 Å². The van der Waals surface area contributed by atoms with Crippen molar-refractivity contribution in [2.45, 2.75) is 44.8 Å². The van der Waals surface area contributed by atoms with Gasteiger partial charge in [0.2, 0.25) is 5.91 Å². The van der Waals surface area contributed by atoms with Crippen molar-refractivity contribution in [1.29, 1.82) is 0 Å². The van der Waals surface area contributed by atoms with E-state index in [9.17, 15) is 4.79 Å². The third-order valence-electron chi connectivity index (χ3n) is 4.70. The highest BCUT2D eigenvalue weighted by Gasteiger charge is 2.38. The molecule has 0 spiro atoms. The number of halogens is 1. The van der Waals surface area contributed by atoms with Gasteiger partial charge in [-0.25, -0.2) is 0 Å². The van der Waals surface area contributed by atoms with Gasteiger partial charge in [-0.1, -0.05) is 36.6 Å². The summed E-state index contributed by atoms with van der Waals surface area (Å²) in [5, 5.41) is 4.04. The van der Waals surface area contributed by atoms with Crippen LogP contribution in [-0.2, 0) is 4.79 Å². The van der Waals surface area contributed by atoms with Crippen LogP contribution >= 0.6 is 11.6 Å². The van der Waals surface area contributed by atoms with Crippen molar-refractivity contribution in [2.75, 3.05) is 6.54 Å². The van der Waals surface area contributed by atoms with Crippen LogP contribution < -0.4 is 5.32 Å². The van der Waals surface area contributed by atoms with Gasteiger partial charge in [-0.15, -0.1) is 0 Å². The first kappa shape index (κ1) is 13.9. The molecule has 20 heavy (non-hydrogen) atoms. The predicted molar refractivity (Wildman–Crippen MR) is 80.5 cm³/mol. The Labute approximate surface area is 125 Å². The topological polar surface area (TPSA) is 32.3 Å². The third-order valence-corrected chi connectivity index (χ3v) is 4.93. The summed E-state index contributed by atoms with van der Waals surface area (Å²) < 4.78 is 0. The highest BCUT2D eigenvalue weighted by molar-refractivity contribution is 6.30. The molecule has 1 aromatic rings. The van der Waals surface area contributed by atoms with Crippen LogP contribution in [0.4, 0.5) is 0 Å². The number of nitrogens with zero attached hydrogens (tertiary/aromatic N) is 1. The predicted octanol–water partition coefficient (Wildman–Crippen LogP) is 3.35. The van der Waals surface area contributed by atoms with Gasteiger partial charge in [0.15, 0.2) is 0 Å². The molecule has 1 saturated heterocycles. The first-order valence-corrected chi connectivity index (χ1v) is 7.84. The normalized spacial score (nSPS) is 25.4. The number of carbonyl (C=O) groups is 1.